The summed E-state index contributed by atoms with van der Waals surface area (Å²) in [5, 5.41) is 76.3. The first kappa shape index (κ1) is 50.2. The van der Waals surface area contributed by atoms with Crippen molar-refractivity contribution in [1.82, 2.24) is 9.80 Å². The number of aliphatic carboxylic acids is 4. The number of carbonyl (C=O) groups excluding carboxylic acids is 4. The molecule has 0 bridgehead atoms. The molecule has 0 spiro atoms. The number of nitrogens with zero attached hydrogens (tertiary/aromatic N) is 2. The van der Waals surface area contributed by atoms with Crippen LogP contribution in [0.5, 0.6) is 0 Å². The molecule has 0 aromatic carbocycles. The molecule has 0 aliphatic rings. The van der Waals surface area contributed by atoms with Gasteiger partial charge < -0.3 is 60.0 Å². The van der Waals surface area contributed by atoms with Crippen LogP contribution in [-0.4, -0.2) is 89.6 Å². The third kappa shape index (κ3) is 15.8. The van der Waals surface area contributed by atoms with Crippen molar-refractivity contribution in [2.45, 2.75) is 50.6 Å². The number of carboxylic acid groups (broad SMARTS) is 8. The SMILES string of the molecule is C[C@](CCC(=O)[O-])(C(=O)[O-])N(C(=O)O)C(=O)O.C[C@](CCC(=O)[O-])(C(=O)[O-])N(C(=O)O)C(=O)O.[Na+].[Na+].[Na+].[Na+]. The van der Waals surface area contributed by atoms with Crippen LogP contribution in [0.15, 0.2) is 0 Å². The van der Waals surface area contributed by atoms with Gasteiger partial charge in [0.05, 0.1) is 23.0 Å². The Bertz CT molecular complexity index is 790. The van der Waals surface area contributed by atoms with Gasteiger partial charge in [-0.25, -0.2) is 29.0 Å². The van der Waals surface area contributed by atoms with E-state index in [1.807, 2.05) is 0 Å². The molecule has 4 amide bonds. The van der Waals surface area contributed by atoms with Gasteiger partial charge in [0, 0.05) is 11.9 Å². The van der Waals surface area contributed by atoms with Crippen LogP contribution in [0.4, 0.5) is 19.2 Å². The summed E-state index contributed by atoms with van der Waals surface area (Å²) in [5.41, 5.74) is -4.98. The first-order chi connectivity index (χ1) is 15.2. The summed E-state index contributed by atoms with van der Waals surface area (Å²) in [7, 11) is 0. The monoisotopic (exact) mass is 586 g/mol. The van der Waals surface area contributed by atoms with E-state index in [4.69, 9.17) is 20.4 Å². The topological polar surface area (TPSA) is 316 Å². The molecule has 38 heavy (non-hydrogen) atoms. The fourth-order valence-electron chi connectivity index (χ4n) is 2.31. The van der Waals surface area contributed by atoms with Crippen molar-refractivity contribution >= 4 is 48.3 Å². The van der Waals surface area contributed by atoms with Crippen molar-refractivity contribution in [2.24, 2.45) is 0 Å². The van der Waals surface area contributed by atoms with E-state index in [-0.39, 0.29) is 118 Å². The Labute approximate surface area is 302 Å². The molecule has 0 aliphatic heterocycles. The van der Waals surface area contributed by atoms with Crippen molar-refractivity contribution in [1.29, 1.82) is 0 Å². The number of rotatable bonds is 10. The molecule has 0 aromatic rings. The Morgan fingerprint density at radius 1 is 0.526 bits per heavy atom. The molecule has 18 nitrogen and oxygen atoms in total. The van der Waals surface area contributed by atoms with E-state index in [0.717, 1.165) is 13.8 Å². The summed E-state index contributed by atoms with van der Waals surface area (Å²) in [6.45, 7) is 1.49. The second kappa shape index (κ2) is 22.1. The van der Waals surface area contributed by atoms with Crippen molar-refractivity contribution in [3.8, 4) is 0 Å². The summed E-state index contributed by atoms with van der Waals surface area (Å²) in [6, 6.07) is 0. The molecule has 0 heterocycles. The molecule has 22 heteroatoms. The second-order valence-electron chi connectivity index (χ2n) is 6.67. The Balaban J connectivity index is -0.000000122. The number of amides is 4. The molecule has 0 saturated heterocycles. The van der Waals surface area contributed by atoms with Crippen LogP contribution in [0.1, 0.15) is 39.5 Å². The molecule has 4 N–H and O–H groups in total. The number of hydrogen-bond donors (Lipinski definition) is 4. The summed E-state index contributed by atoms with van der Waals surface area (Å²) in [4.78, 5) is 83.7. The zero-order chi connectivity index (χ0) is 27.6. The summed E-state index contributed by atoms with van der Waals surface area (Å²) in [5.74, 6) is -7.28. The van der Waals surface area contributed by atoms with Crippen molar-refractivity contribution in [3.05, 3.63) is 0 Å². The van der Waals surface area contributed by atoms with Gasteiger partial charge in [-0.2, -0.15) is 0 Å². The summed E-state index contributed by atoms with van der Waals surface area (Å²) < 4.78 is 0. The number of carbonyl (C=O) groups is 8. The van der Waals surface area contributed by atoms with Gasteiger partial charge in [0.2, 0.25) is 0 Å². The van der Waals surface area contributed by atoms with Gasteiger partial charge in [-0.1, -0.05) is 0 Å². The molecule has 0 saturated carbocycles. The fourth-order valence-corrected chi connectivity index (χ4v) is 2.31. The van der Waals surface area contributed by atoms with E-state index in [0.29, 0.717) is 0 Å². The molecule has 192 valence electrons. The molecular formula is C16H18N2Na4O16. The van der Waals surface area contributed by atoms with Crippen LogP contribution >= 0.6 is 0 Å². The molecule has 2 atom stereocenters. The minimum Gasteiger partial charge on any atom is -0.550 e. The predicted molar refractivity (Wildman–Crippen MR) is 91.1 cm³/mol. The molecule has 0 unspecified atom stereocenters. The average Bonchev–Trinajstić information content (AvgIpc) is 2.63. The fraction of sp³-hybridized carbons (Fsp3) is 0.500. The number of hydrogen-bond acceptors (Lipinski definition) is 12. The van der Waals surface area contributed by atoms with Crippen LogP contribution in [-0.2, 0) is 19.2 Å². The maximum absolute atomic E-state index is 10.8. The van der Waals surface area contributed by atoms with Crippen LogP contribution in [0.25, 0.3) is 0 Å². The van der Waals surface area contributed by atoms with Gasteiger partial charge in [-0.05, 0) is 39.5 Å². The standard InChI is InChI=1S/2C8H11NO8.4Na/c2*1-8(5(12)13,3-2-4(10)11)9(6(14)15)7(16)17;;;;/h2*2-3H2,1H3,(H,10,11)(H,12,13)(H,14,15)(H,16,17);;;;/q;;4*+1/p-4/t2*8-;;;;/m00..../s1. The molecule has 0 fully saturated rings. The van der Waals surface area contributed by atoms with Crippen molar-refractivity contribution in [2.75, 3.05) is 0 Å². The Morgan fingerprint density at radius 3 is 0.816 bits per heavy atom. The second-order valence-corrected chi connectivity index (χ2v) is 6.67. The molecule has 0 aliphatic carbocycles. The van der Waals surface area contributed by atoms with E-state index < -0.39 is 94.8 Å². The van der Waals surface area contributed by atoms with E-state index in [1.165, 1.54) is 0 Å². The van der Waals surface area contributed by atoms with Crippen LogP contribution in [0.2, 0.25) is 0 Å². The van der Waals surface area contributed by atoms with Gasteiger partial charge in [-0.15, -0.1) is 0 Å². The van der Waals surface area contributed by atoms with E-state index in [1.54, 1.807) is 0 Å². The smallest absolute Gasteiger partial charge is 0.550 e. The maximum Gasteiger partial charge on any atom is 1.00 e. The van der Waals surface area contributed by atoms with Gasteiger partial charge in [-0.3, -0.25) is 0 Å². The van der Waals surface area contributed by atoms with Gasteiger partial charge in [0.1, 0.15) is 0 Å². The molecule has 0 aromatic heterocycles. The Morgan fingerprint density at radius 2 is 0.711 bits per heavy atom. The van der Waals surface area contributed by atoms with Gasteiger partial charge in [0.25, 0.3) is 0 Å². The third-order valence-corrected chi connectivity index (χ3v) is 4.26. The molecule has 0 radical (unpaired) electrons. The zero-order valence-corrected chi connectivity index (χ0v) is 29.4. The van der Waals surface area contributed by atoms with E-state index in [2.05, 4.69) is 0 Å². The Hall–Kier alpha value is -0.640. The van der Waals surface area contributed by atoms with Gasteiger partial charge >= 0.3 is 143 Å². The van der Waals surface area contributed by atoms with Crippen molar-refractivity contribution in [3.63, 3.8) is 0 Å². The van der Waals surface area contributed by atoms with E-state index >= 15 is 0 Å². The minimum absolute atomic E-state index is 0. The normalized spacial score (nSPS) is 12.1. The van der Waals surface area contributed by atoms with Crippen LogP contribution in [0, 0.1) is 0 Å². The first-order valence-corrected chi connectivity index (χ1v) is 8.60. The number of imide groups is 2. The summed E-state index contributed by atoms with van der Waals surface area (Å²) in [6.07, 6.45) is -11.4. The predicted octanol–water partition coefficient (Wildman–Crippen LogP) is -16.6. The summed E-state index contributed by atoms with van der Waals surface area (Å²) >= 11 is 0. The largest absolute Gasteiger partial charge is 1.00 e. The third-order valence-electron chi connectivity index (χ3n) is 4.26. The molecule has 0 rings (SSSR count). The van der Waals surface area contributed by atoms with Crippen LogP contribution < -0.4 is 139 Å². The first-order valence-electron chi connectivity index (χ1n) is 8.60. The quantitative estimate of drug-likeness (QED) is 0.173. The van der Waals surface area contributed by atoms with E-state index in [9.17, 15) is 58.8 Å². The molecular weight excluding hydrogens is 568 g/mol. The zero-order valence-electron chi connectivity index (χ0n) is 21.4. The number of carboxylic acids is 4. The van der Waals surface area contributed by atoms with Gasteiger partial charge in [0.15, 0.2) is 0 Å². The minimum atomic E-state index is -2.49. The average molecular weight is 586 g/mol. The van der Waals surface area contributed by atoms with Crippen LogP contribution in [0.3, 0.4) is 0 Å². The maximum atomic E-state index is 10.8. The Kier molecular flexibility index (Phi) is 29.2. The van der Waals surface area contributed by atoms with Crippen molar-refractivity contribution < 1.29 is 197 Å².